The fourth-order valence-corrected chi connectivity index (χ4v) is 4.24. The van der Waals surface area contributed by atoms with Gasteiger partial charge in [0.2, 0.25) is 0 Å². The lowest BCUT2D eigenvalue weighted by Gasteiger charge is -2.43. The first-order valence-electron chi connectivity index (χ1n) is 8.55. The van der Waals surface area contributed by atoms with E-state index in [9.17, 15) is 4.79 Å². The van der Waals surface area contributed by atoms with E-state index in [2.05, 4.69) is 35.3 Å². The molecule has 124 valence electrons. The second-order valence-corrected chi connectivity index (χ2v) is 6.98. The Labute approximate surface area is 142 Å². The van der Waals surface area contributed by atoms with Crippen molar-refractivity contribution in [3.63, 3.8) is 0 Å². The molecule has 4 nitrogen and oxygen atoms in total. The van der Waals surface area contributed by atoms with E-state index >= 15 is 0 Å². The molecule has 1 saturated carbocycles. The first-order valence-corrected chi connectivity index (χ1v) is 8.55. The van der Waals surface area contributed by atoms with Gasteiger partial charge in [-0.3, -0.25) is 9.78 Å². The number of carbonyl (C=O) groups is 1. The molecular weight excluding hydrogens is 300 g/mol. The summed E-state index contributed by atoms with van der Waals surface area (Å²) in [4.78, 5) is 19.1. The lowest BCUT2D eigenvalue weighted by atomic mass is 9.61. The standard InChI is InChI=1S/C20H22N2O2/c1-24-17-10-16(11-21-12-17)19(23)22-13-18(15-6-3-2-4-7-15)20(14-22)8-5-9-20/h2-4,6-7,10-12,18H,5,8-9,13-14H2,1H3. The highest BCUT2D eigenvalue weighted by molar-refractivity contribution is 5.94. The first-order chi connectivity index (χ1) is 11.7. The highest BCUT2D eigenvalue weighted by Gasteiger charge is 2.51. The Hall–Kier alpha value is -2.36. The Morgan fingerprint density at radius 1 is 1.25 bits per heavy atom. The molecule has 2 aliphatic rings. The minimum Gasteiger partial charge on any atom is -0.495 e. The largest absolute Gasteiger partial charge is 0.495 e. The number of methoxy groups -OCH3 is 1. The summed E-state index contributed by atoms with van der Waals surface area (Å²) >= 11 is 0. The molecule has 2 fully saturated rings. The number of rotatable bonds is 3. The molecule has 2 aromatic rings. The molecule has 1 aliphatic heterocycles. The Morgan fingerprint density at radius 3 is 2.71 bits per heavy atom. The fraction of sp³-hybridized carbons (Fsp3) is 0.400. The van der Waals surface area contributed by atoms with Crippen LogP contribution >= 0.6 is 0 Å². The fourth-order valence-electron chi connectivity index (χ4n) is 4.24. The summed E-state index contributed by atoms with van der Waals surface area (Å²) in [7, 11) is 1.59. The zero-order valence-corrected chi connectivity index (χ0v) is 13.9. The van der Waals surface area contributed by atoms with Gasteiger partial charge in [-0.25, -0.2) is 0 Å². The number of hydrogen-bond acceptors (Lipinski definition) is 3. The molecule has 1 aromatic carbocycles. The number of likely N-dealkylation sites (tertiary alicyclic amines) is 1. The minimum atomic E-state index is 0.0612. The van der Waals surface area contributed by atoms with Gasteiger partial charge >= 0.3 is 0 Å². The number of amides is 1. The normalized spacial score (nSPS) is 21.5. The molecule has 1 spiro atoms. The maximum Gasteiger partial charge on any atom is 0.255 e. The van der Waals surface area contributed by atoms with Gasteiger partial charge in [-0.1, -0.05) is 36.8 Å². The van der Waals surface area contributed by atoms with E-state index in [0.717, 1.165) is 13.1 Å². The van der Waals surface area contributed by atoms with Crippen LogP contribution in [-0.2, 0) is 0 Å². The van der Waals surface area contributed by atoms with E-state index in [1.54, 1.807) is 25.6 Å². The van der Waals surface area contributed by atoms with Crippen LogP contribution in [0.15, 0.2) is 48.8 Å². The molecule has 1 saturated heterocycles. The van der Waals surface area contributed by atoms with Crippen LogP contribution in [0, 0.1) is 5.41 Å². The van der Waals surface area contributed by atoms with Gasteiger partial charge in [0.15, 0.2) is 0 Å². The SMILES string of the molecule is COc1cncc(C(=O)N2CC(c3ccccc3)C3(CCC3)C2)c1. The Bertz CT molecular complexity index is 740. The van der Waals surface area contributed by atoms with Crippen molar-refractivity contribution < 1.29 is 9.53 Å². The molecule has 0 bridgehead atoms. The summed E-state index contributed by atoms with van der Waals surface area (Å²) in [6.45, 7) is 1.64. The molecule has 24 heavy (non-hydrogen) atoms. The quantitative estimate of drug-likeness (QED) is 0.868. The predicted molar refractivity (Wildman–Crippen MR) is 92.2 cm³/mol. The maximum absolute atomic E-state index is 13.0. The van der Waals surface area contributed by atoms with Gasteiger partial charge < -0.3 is 9.64 Å². The molecule has 0 radical (unpaired) electrons. The number of hydrogen-bond donors (Lipinski definition) is 0. The molecule has 2 heterocycles. The van der Waals surface area contributed by atoms with E-state index in [4.69, 9.17) is 4.74 Å². The zero-order valence-electron chi connectivity index (χ0n) is 13.9. The van der Waals surface area contributed by atoms with Crippen molar-refractivity contribution in [2.75, 3.05) is 20.2 Å². The van der Waals surface area contributed by atoms with E-state index in [1.165, 1.54) is 24.8 Å². The Morgan fingerprint density at radius 2 is 2.04 bits per heavy atom. The average Bonchev–Trinajstić information content (AvgIpc) is 3.03. The summed E-state index contributed by atoms with van der Waals surface area (Å²) in [5.74, 6) is 1.12. The van der Waals surface area contributed by atoms with Gasteiger partial charge in [-0.15, -0.1) is 0 Å². The van der Waals surface area contributed by atoms with Crippen LogP contribution in [-0.4, -0.2) is 36.0 Å². The number of aromatic nitrogens is 1. The van der Waals surface area contributed by atoms with Gasteiger partial charge in [0.25, 0.3) is 5.91 Å². The minimum absolute atomic E-state index is 0.0612. The van der Waals surface area contributed by atoms with Crippen LogP contribution in [0.25, 0.3) is 0 Å². The first kappa shape index (κ1) is 15.2. The summed E-state index contributed by atoms with van der Waals surface area (Å²) < 4.78 is 5.20. The Kier molecular flexibility index (Phi) is 3.75. The summed E-state index contributed by atoms with van der Waals surface area (Å²) in [5, 5.41) is 0. The topological polar surface area (TPSA) is 42.4 Å². The van der Waals surface area contributed by atoms with Crippen molar-refractivity contribution in [2.45, 2.75) is 25.2 Å². The molecule has 4 heteroatoms. The lowest BCUT2D eigenvalue weighted by Crippen LogP contribution is -2.37. The molecule has 1 amide bonds. The monoisotopic (exact) mass is 322 g/mol. The van der Waals surface area contributed by atoms with Crippen molar-refractivity contribution in [3.05, 3.63) is 59.9 Å². The van der Waals surface area contributed by atoms with E-state index in [-0.39, 0.29) is 11.3 Å². The third-order valence-electron chi connectivity index (χ3n) is 5.68. The van der Waals surface area contributed by atoms with E-state index in [0.29, 0.717) is 17.2 Å². The van der Waals surface area contributed by atoms with Crippen LogP contribution in [0.5, 0.6) is 5.75 Å². The predicted octanol–water partition coefficient (Wildman–Crippen LogP) is 3.50. The van der Waals surface area contributed by atoms with Crippen LogP contribution < -0.4 is 4.74 Å². The summed E-state index contributed by atoms with van der Waals surface area (Å²) in [6.07, 6.45) is 6.96. The third-order valence-corrected chi connectivity index (χ3v) is 5.68. The van der Waals surface area contributed by atoms with Crippen molar-refractivity contribution in [1.29, 1.82) is 0 Å². The van der Waals surface area contributed by atoms with E-state index < -0.39 is 0 Å². The highest BCUT2D eigenvalue weighted by Crippen LogP contribution is 2.55. The van der Waals surface area contributed by atoms with Crippen molar-refractivity contribution in [1.82, 2.24) is 9.88 Å². The molecule has 1 aliphatic carbocycles. The number of benzene rings is 1. The van der Waals surface area contributed by atoms with E-state index in [1.807, 2.05) is 4.90 Å². The molecular formula is C20H22N2O2. The molecule has 0 N–H and O–H groups in total. The molecule has 1 atom stereocenters. The van der Waals surface area contributed by atoms with Crippen LogP contribution in [0.1, 0.15) is 41.1 Å². The highest BCUT2D eigenvalue weighted by atomic mass is 16.5. The van der Waals surface area contributed by atoms with Gasteiger partial charge in [0.05, 0.1) is 18.9 Å². The summed E-state index contributed by atoms with van der Waals surface area (Å²) in [6, 6.07) is 12.4. The van der Waals surface area contributed by atoms with Gasteiger partial charge in [0.1, 0.15) is 5.75 Å². The smallest absolute Gasteiger partial charge is 0.255 e. The number of carbonyl (C=O) groups excluding carboxylic acids is 1. The zero-order chi connectivity index (χ0) is 16.6. The van der Waals surface area contributed by atoms with Crippen LogP contribution in [0.4, 0.5) is 0 Å². The Balaban J connectivity index is 1.60. The maximum atomic E-state index is 13.0. The van der Waals surface area contributed by atoms with Crippen molar-refractivity contribution in [3.8, 4) is 5.75 Å². The van der Waals surface area contributed by atoms with Gasteiger partial charge in [-0.05, 0) is 29.9 Å². The lowest BCUT2D eigenvalue weighted by molar-refractivity contribution is 0.0724. The van der Waals surface area contributed by atoms with Crippen LogP contribution in [0.3, 0.4) is 0 Å². The van der Waals surface area contributed by atoms with Crippen molar-refractivity contribution >= 4 is 5.91 Å². The third kappa shape index (κ3) is 2.46. The van der Waals surface area contributed by atoms with Gasteiger partial charge in [0, 0.05) is 25.2 Å². The summed E-state index contributed by atoms with van der Waals surface area (Å²) in [5.41, 5.74) is 2.23. The number of nitrogens with zero attached hydrogens (tertiary/aromatic N) is 2. The average molecular weight is 322 g/mol. The number of pyridine rings is 1. The second kappa shape index (κ2) is 5.93. The van der Waals surface area contributed by atoms with Crippen LogP contribution in [0.2, 0.25) is 0 Å². The second-order valence-electron chi connectivity index (χ2n) is 6.98. The molecule has 1 aromatic heterocycles. The molecule has 1 unspecified atom stereocenters. The molecule has 4 rings (SSSR count). The number of ether oxygens (including phenoxy) is 1. The van der Waals surface area contributed by atoms with Gasteiger partial charge in [-0.2, -0.15) is 0 Å². The van der Waals surface area contributed by atoms with Crippen molar-refractivity contribution in [2.24, 2.45) is 5.41 Å².